The van der Waals surface area contributed by atoms with Crippen molar-refractivity contribution in [2.24, 2.45) is 0 Å². The van der Waals surface area contributed by atoms with Gasteiger partial charge in [0, 0.05) is 17.5 Å². The van der Waals surface area contributed by atoms with Gasteiger partial charge in [-0.05, 0) is 31.3 Å². The smallest absolute Gasteiger partial charge is 0.241 e. The normalized spacial score (nSPS) is 16.9. The molecule has 1 fully saturated rings. The highest BCUT2D eigenvalue weighted by molar-refractivity contribution is 7.89. The summed E-state index contributed by atoms with van der Waals surface area (Å²) in [5.41, 5.74) is 0. The molecule has 0 bridgehead atoms. The van der Waals surface area contributed by atoms with Gasteiger partial charge in [-0.2, -0.15) is 0 Å². The van der Waals surface area contributed by atoms with Gasteiger partial charge >= 0.3 is 0 Å². The first kappa shape index (κ1) is 11.1. The molecule has 15 heavy (non-hydrogen) atoms. The Hall–Kier alpha value is -0.430. The standard InChI is InChI=1S/C9H14N2O2S2/c1-10-6-8-9(4-5-14-8)15(12,13)11-7-2-3-7/h4-5,7,10-11H,2-3,6H2,1H3. The van der Waals surface area contributed by atoms with Crippen molar-refractivity contribution >= 4 is 21.4 Å². The number of hydrogen-bond acceptors (Lipinski definition) is 4. The number of sulfonamides is 1. The summed E-state index contributed by atoms with van der Waals surface area (Å²) < 4.78 is 26.5. The molecule has 0 radical (unpaired) electrons. The van der Waals surface area contributed by atoms with E-state index in [0.29, 0.717) is 11.4 Å². The molecule has 1 aromatic rings. The van der Waals surface area contributed by atoms with E-state index in [-0.39, 0.29) is 6.04 Å². The van der Waals surface area contributed by atoms with Gasteiger partial charge in [0.15, 0.2) is 0 Å². The van der Waals surface area contributed by atoms with Gasteiger partial charge in [0.1, 0.15) is 0 Å². The van der Waals surface area contributed by atoms with Gasteiger partial charge in [-0.15, -0.1) is 11.3 Å². The van der Waals surface area contributed by atoms with Crippen molar-refractivity contribution < 1.29 is 8.42 Å². The van der Waals surface area contributed by atoms with E-state index in [0.717, 1.165) is 17.7 Å². The molecule has 1 saturated carbocycles. The summed E-state index contributed by atoms with van der Waals surface area (Å²) in [7, 11) is -1.48. The quantitative estimate of drug-likeness (QED) is 0.812. The van der Waals surface area contributed by atoms with Crippen molar-refractivity contribution in [2.45, 2.75) is 30.3 Å². The summed E-state index contributed by atoms with van der Waals surface area (Å²) in [5.74, 6) is 0. The fraction of sp³-hybridized carbons (Fsp3) is 0.556. The zero-order valence-electron chi connectivity index (χ0n) is 8.49. The molecular formula is C9H14N2O2S2. The zero-order valence-corrected chi connectivity index (χ0v) is 10.1. The SMILES string of the molecule is CNCc1sccc1S(=O)(=O)NC1CC1. The lowest BCUT2D eigenvalue weighted by atomic mass is 10.5. The van der Waals surface area contributed by atoms with E-state index < -0.39 is 10.0 Å². The maximum absolute atomic E-state index is 11.9. The molecule has 1 heterocycles. The first-order valence-corrected chi connectivity index (χ1v) is 7.23. The first-order valence-electron chi connectivity index (χ1n) is 4.87. The van der Waals surface area contributed by atoms with Crippen LogP contribution in [0.15, 0.2) is 16.3 Å². The Labute approximate surface area is 93.8 Å². The zero-order chi connectivity index (χ0) is 10.9. The average Bonchev–Trinajstić information content (AvgIpc) is 2.82. The van der Waals surface area contributed by atoms with Crippen LogP contribution in [0.5, 0.6) is 0 Å². The predicted molar refractivity (Wildman–Crippen MR) is 60.4 cm³/mol. The van der Waals surface area contributed by atoms with Gasteiger partial charge in [0.25, 0.3) is 0 Å². The summed E-state index contributed by atoms with van der Waals surface area (Å²) >= 11 is 1.47. The Morgan fingerprint density at radius 3 is 2.87 bits per heavy atom. The third kappa shape index (κ3) is 2.57. The number of thiophene rings is 1. The van der Waals surface area contributed by atoms with Gasteiger partial charge in [-0.3, -0.25) is 0 Å². The van der Waals surface area contributed by atoms with Crippen molar-refractivity contribution in [2.75, 3.05) is 7.05 Å². The predicted octanol–water partition coefficient (Wildman–Crippen LogP) is 0.908. The highest BCUT2D eigenvalue weighted by Gasteiger charge is 2.29. The average molecular weight is 246 g/mol. The van der Waals surface area contributed by atoms with Gasteiger partial charge in [-0.1, -0.05) is 0 Å². The molecule has 2 N–H and O–H groups in total. The van der Waals surface area contributed by atoms with Crippen LogP contribution in [-0.2, 0) is 16.6 Å². The molecule has 0 aliphatic heterocycles. The third-order valence-corrected chi connectivity index (χ3v) is 4.89. The Bertz CT molecular complexity index is 435. The van der Waals surface area contributed by atoms with Crippen LogP contribution in [0.2, 0.25) is 0 Å². The van der Waals surface area contributed by atoms with Crippen molar-refractivity contribution in [3.8, 4) is 0 Å². The molecule has 0 spiro atoms. The van der Waals surface area contributed by atoms with E-state index in [4.69, 9.17) is 0 Å². The lowest BCUT2D eigenvalue weighted by molar-refractivity contribution is 0.580. The second-order valence-electron chi connectivity index (χ2n) is 3.63. The molecule has 0 unspecified atom stereocenters. The molecule has 0 atom stereocenters. The fourth-order valence-electron chi connectivity index (χ4n) is 1.34. The van der Waals surface area contributed by atoms with Crippen LogP contribution in [0.3, 0.4) is 0 Å². The summed E-state index contributed by atoms with van der Waals surface area (Å²) in [6.07, 6.45) is 1.93. The molecule has 4 nitrogen and oxygen atoms in total. The minimum atomic E-state index is -3.29. The maximum atomic E-state index is 11.9. The van der Waals surface area contributed by atoms with E-state index in [1.165, 1.54) is 11.3 Å². The van der Waals surface area contributed by atoms with Crippen LogP contribution in [0.4, 0.5) is 0 Å². The van der Waals surface area contributed by atoms with Crippen LogP contribution in [0.25, 0.3) is 0 Å². The molecule has 0 saturated heterocycles. The highest BCUT2D eigenvalue weighted by Crippen LogP contribution is 2.26. The van der Waals surface area contributed by atoms with E-state index in [9.17, 15) is 8.42 Å². The molecule has 0 aromatic carbocycles. The third-order valence-electron chi connectivity index (χ3n) is 2.23. The molecule has 2 rings (SSSR count). The molecular weight excluding hydrogens is 232 g/mol. The van der Waals surface area contributed by atoms with E-state index >= 15 is 0 Å². The van der Waals surface area contributed by atoms with Crippen molar-refractivity contribution in [1.29, 1.82) is 0 Å². The number of hydrogen-bond donors (Lipinski definition) is 2. The van der Waals surface area contributed by atoms with Gasteiger partial charge in [0.05, 0.1) is 4.90 Å². The van der Waals surface area contributed by atoms with E-state index in [1.807, 2.05) is 12.4 Å². The topological polar surface area (TPSA) is 58.2 Å². The minimum absolute atomic E-state index is 0.164. The van der Waals surface area contributed by atoms with Crippen molar-refractivity contribution in [3.63, 3.8) is 0 Å². The Balaban J connectivity index is 2.22. The largest absolute Gasteiger partial charge is 0.315 e. The molecule has 1 aromatic heterocycles. The van der Waals surface area contributed by atoms with Gasteiger partial charge in [-0.25, -0.2) is 13.1 Å². The Kier molecular flexibility index (Phi) is 3.11. The van der Waals surface area contributed by atoms with Crippen LogP contribution in [0.1, 0.15) is 17.7 Å². The van der Waals surface area contributed by atoms with Gasteiger partial charge < -0.3 is 5.32 Å². The molecule has 84 valence electrons. The summed E-state index contributed by atoms with van der Waals surface area (Å²) in [4.78, 5) is 1.29. The maximum Gasteiger partial charge on any atom is 0.241 e. The Morgan fingerprint density at radius 2 is 2.27 bits per heavy atom. The molecule has 6 heteroatoms. The van der Waals surface area contributed by atoms with Crippen molar-refractivity contribution in [1.82, 2.24) is 10.0 Å². The fourth-order valence-corrected chi connectivity index (χ4v) is 4.10. The van der Waals surface area contributed by atoms with Crippen LogP contribution >= 0.6 is 11.3 Å². The summed E-state index contributed by atoms with van der Waals surface area (Å²) in [5, 5.41) is 4.78. The van der Waals surface area contributed by atoms with Gasteiger partial charge in [0.2, 0.25) is 10.0 Å². The second-order valence-corrected chi connectivity index (χ2v) is 6.32. The molecule has 1 aliphatic rings. The highest BCUT2D eigenvalue weighted by atomic mass is 32.2. The van der Waals surface area contributed by atoms with E-state index in [2.05, 4.69) is 10.0 Å². The second kappa shape index (κ2) is 4.21. The van der Waals surface area contributed by atoms with Crippen LogP contribution < -0.4 is 10.0 Å². The van der Waals surface area contributed by atoms with Crippen LogP contribution in [0, 0.1) is 0 Å². The molecule has 1 aliphatic carbocycles. The lowest BCUT2D eigenvalue weighted by Crippen LogP contribution is -2.26. The lowest BCUT2D eigenvalue weighted by Gasteiger charge is -2.05. The number of nitrogens with one attached hydrogen (secondary N) is 2. The number of rotatable bonds is 5. The molecule has 0 amide bonds. The summed E-state index contributed by atoms with van der Waals surface area (Å²) in [6, 6.07) is 1.83. The van der Waals surface area contributed by atoms with Crippen molar-refractivity contribution in [3.05, 3.63) is 16.3 Å². The van der Waals surface area contributed by atoms with E-state index in [1.54, 1.807) is 6.07 Å². The Morgan fingerprint density at radius 1 is 1.53 bits per heavy atom. The first-order chi connectivity index (χ1) is 7.13. The minimum Gasteiger partial charge on any atom is -0.315 e. The summed E-state index contributed by atoms with van der Waals surface area (Å²) in [6.45, 7) is 0.596. The van der Waals surface area contributed by atoms with Crippen LogP contribution in [-0.4, -0.2) is 21.5 Å². The monoisotopic (exact) mass is 246 g/mol.